The molecule has 2 aromatic rings. The highest BCUT2D eigenvalue weighted by Gasteiger charge is 2.14. The third-order valence-corrected chi connectivity index (χ3v) is 2.88. The van der Waals surface area contributed by atoms with E-state index in [4.69, 9.17) is 8.94 Å². The highest BCUT2D eigenvalue weighted by molar-refractivity contribution is 5.95. The van der Waals surface area contributed by atoms with Crippen molar-refractivity contribution < 1.29 is 13.7 Å². The molecule has 0 aliphatic carbocycles. The standard InChI is InChI=1S/C14H18N2O3/c1-8(2)13-6-11(19-16-13)7-15-14(17)12-5-9(3)18-10(12)4/h5-6,8H,7H2,1-4H3,(H,15,17). The molecule has 5 heteroatoms. The average Bonchev–Trinajstić information content (AvgIpc) is 2.93. The van der Waals surface area contributed by atoms with Gasteiger partial charge < -0.3 is 14.3 Å². The summed E-state index contributed by atoms with van der Waals surface area (Å²) in [6, 6.07) is 3.59. The number of hydrogen-bond acceptors (Lipinski definition) is 4. The molecular weight excluding hydrogens is 244 g/mol. The second-order valence-corrected chi connectivity index (χ2v) is 4.88. The Morgan fingerprint density at radius 3 is 2.63 bits per heavy atom. The van der Waals surface area contributed by atoms with E-state index in [1.54, 1.807) is 13.0 Å². The van der Waals surface area contributed by atoms with Gasteiger partial charge in [-0.15, -0.1) is 0 Å². The molecule has 1 amide bonds. The van der Waals surface area contributed by atoms with E-state index in [-0.39, 0.29) is 5.91 Å². The quantitative estimate of drug-likeness (QED) is 0.919. The summed E-state index contributed by atoms with van der Waals surface area (Å²) in [6.45, 7) is 7.99. The maximum atomic E-state index is 12.0. The Balaban J connectivity index is 1.98. The molecule has 0 aliphatic heterocycles. The number of aryl methyl sites for hydroxylation is 2. The number of amides is 1. The summed E-state index contributed by atoms with van der Waals surface area (Å²) >= 11 is 0. The second-order valence-electron chi connectivity index (χ2n) is 4.88. The molecule has 0 fully saturated rings. The number of carbonyl (C=O) groups excluding carboxylic acids is 1. The highest BCUT2D eigenvalue weighted by Crippen LogP contribution is 2.15. The molecule has 0 aromatic carbocycles. The van der Waals surface area contributed by atoms with Crippen LogP contribution < -0.4 is 5.32 Å². The van der Waals surface area contributed by atoms with Crippen molar-refractivity contribution in [1.82, 2.24) is 10.5 Å². The van der Waals surface area contributed by atoms with Crippen LogP contribution in [0, 0.1) is 13.8 Å². The Morgan fingerprint density at radius 2 is 2.11 bits per heavy atom. The van der Waals surface area contributed by atoms with Crippen LogP contribution in [-0.2, 0) is 6.54 Å². The molecule has 2 aromatic heterocycles. The van der Waals surface area contributed by atoms with Gasteiger partial charge in [-0.3, -0.25) is 4.79 Å². The van der Waals surface area contributed by atoms with Gasteiger partial charge in [0, 0.05) is 6.07 Å². The van der Waals surface area contributed by atoms with E-state index in [2.05, 4.69) is 10.5 Å². The number of nitrogens with zero attached hydrogens (tertiary/aromatic N) is 1. The first-order chi connectivity index (χ1) is 8.97. The summed E-state index contributed by atoms with van der Waals surface area (Å²) in [5, 5.41) is 6.73. The van der Waals surface area contributed by atoms with E-state index >= 15 is 0 Å². The van der Waals surface area contributed by atoms with Crippen LogP contribution in [-0.4, -0.2) is 11.1 Å². The predicted octanol–water partition coefficient (Wildman–Crippen LogP) is 2.94. The molecule has 102 valence electrons. The minimum atomic E-state index is -0.170. The van der Waals surface area contributed by atoms with Crippen LogP contribution in [0.4, 0.5) is 0 Å². The minimum Gasteiger partial charge on any atom is -0.466 e. The van der Waals surface area contributed by atoms with Crippen molar-refractivity contribution in [2.24, 2.45) is 0 Å². The lowest BCUT2D eigenvalue weighted by Crippen LogP contribution is -2.22. The Kier molecular flexibility index (Phi) is 3.74. The third kappa shape index (κ3) is 3.05. The van der Waals surface area contributed by atoms with Gasteiger partial charge >= 0.3 is 0 Å². The van der Waals surface area contributed by atoms with Gasteiger partial charge in [-0.2, -0.15) is 0 Å². The normalized spacial score (nSPS) is 11.0. The van der Waals surface area contributed by atoms with E-state index < -0.39 is 0 Å². The molecule has 1 N–H and O–H groups in total. The Hall–Kier alpha value is -2.04. The number of carbonyl (C=O) groups is 1. The number of hydrogen-bond donors (Lipinski definition) is 1. The van der Waals surface area contributed by atoms with Crippen LogP contribution >= 0.6 is 0 Å². The van der Waals surface area contributed by atoms with Crippen LogP contribution in [0.2, 0.25) is 0 Å². The average molecular weight is 262 g/mol. The molecule has 0 unspecified atom stereocenters. The van der Waals surface area contributed by atoms with Crippen LogP contribution in [0.25, 0.3) is 0 Å². The number of aromatic nitrogens is 1. The molecule has 0 saturated heterocycles. The van der Waals surface area contributed by atoms with Crippen molar-refractivity contribution in [3.63, 3.8) is 0 Å². The lowest BCUT2D eigenvalue weighted by molar-refractivity contribution is 0.0945. The number of rotatable bonds is 4. The molecule has 5 nitrogen and oxygen atoms in total. The molecule has 0 atom stereocenters. The van der Waals surface area contributed by atoms with Crippen molar-refractivity contribution >= 4 is 5.91 Å². The first kappa shape index (κ1) is 13.4. The summed E-state index contributed by atoms with van der Waals surface area (Å²) < 4.78 is 10.5. The topological polar surface area (TPSA) is 68.3 Å². The van der Waals surface area contributed by atoms with Gasteiger partial charge in [-0.05, 0) is 25.8 Å². The summed E-state index contributed by atoms with van der Waals surface area (Å²) in [5.41, 5.74) is 1.45. The second kappa shape index (κ2) is 5.30. The van der Waals surface area contributed by atoms with Gasteiger partial charge in [-0.1, -0.05) is 19.0 Å². The summed E-state index contributed by atoms with van der Waals surface area (Å²) in [7, 11) is 0. The van der Waals surface area contributed by atoms with Gasteiger partial charge in [0.2, 0.25) is 0 Å². The first-order valence-corrected chi connectivity index (χ1v) is 6.28. The smallest absolute Gasteiger partial charge is 0.255 e. The molecule has 0 aliphatic rings. The molecule has 0 spiro atoms. The summed E-state index contributed by atoms with van der Waals surface area (Å²) in [4.78, 5) is 12.0. The molecule has 0 radical (unpaired) electrons. The van der Waals surface area contributed by atoms with Crippen LogP contribution in [0.1, 0.15) is 53.1 Å². The fourth-order valence-corrected chi connectivity index (χ4v) is 1.80. The van der Waals surface area contributed by atoms with Crippen molar-refractivity contribution in [3.8, 4) is 0 Å². The fourth-order valence-electron chi connectivity index (χ4n) is 1.80. The van der Waals surface area contributed by atoms with E-state index in [1.807, 2.05) is 26.8 Å². The van der Waals surface area contributed by atoms with Crippen LogP contribution in [0.3, 0.4) is 0 Å². The molecule has 2 heterocycles. The molecule has 0 saturated carbocycles. The maximum Gasteiger partial charge on any atom is 0.255 e. The number of nitrogens with one attached hydrogen (secondary N) is 1. The number of furan rings is 1. The van der Waals surface area contributed by atoms with Gasteiger partial charge in [0.25, 0.3) is 5.91 Å². The third-order valence-electron chi connectivity index (χ3n) is 2.88. The molecule has 19 heavy (non-hydrogen) atoms. The highest BCUT2D eigenvalue weighted by atomic mass is 16.5. The van der Waals surface area contributed by atoms with E-state index in [9.17, 15) is 4.79 Å². The van der Waals surface area contributed by atoms with E-state index in [0.717, 1.165) is 11.5 Å². The summed E-state index contributed by atoms with van der Waals surface area (Å²) in [5.74, 6) is 2.14. The monoisotopic (exact) mass is 262 g/mol. The summed E-state index contributed by atoms with van der Waals surface area (Å²) in [6.07, 6.45) is 0. The molecule has 2 rings (SSSR count). The zero-order chi connectivity index (χ0) is 14.0. The van der Waals surface area contributed by atoms with Crippen molar-refractivity contribution in [2.75, 3.05) is 0 Å². The Labute approximate surface area is 112 Å². The Morgan fingerprint density at radius 1 is 1.37 bits per heavy atom. The van der Waals surface area contributed by atoms with Gasteiger partial charge in [-0.25, -0.2) is 0 Å². The first-order valence-electron chi connectivity index (χ1n) is 6.28. The van der Waals surface area contributed by atoms with Gasteiger partial charge in [0.1, 0.15) is 11.5 Å². The lowest BCUT2D eigenvalue weighted by atomic mass is 10.1. The zero-order valence-electron chi connectivity index (χ0n) is 11.6. The zero-order valence-corrected chi connectivity index (χ0v) is 11.6. The fraction of sp³-hybridized carbons (Fsp3) is 0.429. The predicted molar refractivity (Wildman–Crippen MR) is 69.9 cm³/mol. The van der Waals surface area contributed by atoms with Crippen LogP contribution in [0.5, 0.6) is 0 Å². The van der Waals surface area contributed by atoms with Crippen molar-refractivity contribution in [3.05, 3.63) is 40.7 Å². The molecular formula is C14H18N2O3. The maximum absolute atomic E-state index is 12.0. The van der Waals surface area contributed by atoms with Gasteiger partial charge in [0.05, 0.1) is 17.8 Å². The van der Waals surface area contributed by atoms with Crippen molar-refractivity contribution in [2.45, 2.75) is 40.2 Å². The van der Waals surface area contributed by atoms with Crippen LogP contribution in [0.15, 0.2) is 21.1 Å². The lowest BCUT2D eigenvalue weighted by Gasteiger charge is -2.00. The van der Waals surface area contributed by atoms with E-state index in [0.29, 0.717) is 29.5 Å². The van der Waals surface area contributed by atoms with E-state index in [1.165, 1.54) is 0 Å². The molecule has 0 bridgehead atoms. The minimum absolute atomic E-state index is 0.170. The van der Waals surface area contributed by atoms with Gasteiger partial charge in [0.15, 0.2) is 5.76 Å². The Bertz CT molecular complexity index is 581. The van der Waals surface area contributed by atoms with Crippen molar-refractivity contribution in [1.29, 1.82) is 0 Å². The SMILES string of the molecule is Cc1cc(C(=O)NCc2cc(C(C)C)no2)c(C)o1. The largest absolute Gasteiger partial charge is 0.466 e.